The van der Waals surface area contributed by atoms with Crippen LogP contribution in [-0.2, 0) is 10.0 Å². The van der Waals surface area contributed by atoms with Crippen molar-refractivity contribution < 1.29 is 8.42 Å². The van der Waals surface area contributed by atoms with Gasteiger partial charge in [-0.25, -0.2) is 13.4 Å². The van der Waals surface area contributed by atoms with Gasteiger partial charge in [0.25, 0.3) is 10.0 Å². The Morgan fingerprint density at radius 1 is 1.00 bits per heavy atom. The SMILES string of the molecule is CCN(c1ccccc1)c1ccc(NS(=O)(=O)c2cc(C)ccc2C)cn1. The summed E-state index contributed by atoms with van der Waals surface area (Å²) in [4.78, 5) is 6.78. The molecule has 0 fully saturated rings. The predicted octanol–water partition coefficient (Wildman–Crippen LogP) is 4.66. The van der Waals surface area contributed by atoms with Gasteiger partial charge in [-0.05, 0) is 62.2 Å². The Bertz CT molecular complexity index is 1020. The van der Waals surface area contributed by atoms with Gasteiger partial charge in [0.1, 0.15) is 5.82 Å². The van der Waals surface area contributed by atoms with Gasteiger partial charge >= 0.3 is 0 Å². The molecule has 5 nitrogen and oxygen atoms in total. The van der Waals surface area contributed by atoms with Gasteiger partial charge in [-0.3, -0.25) is 4.72 Å². The van der Waals surface area contributed by atoms with Crippen molar-refractivity contribution in [2.24, 2.45) is 0 Å². The minimum atomic E-state index is -3.66. The Labute approximate surface area is 160 Å². The summed E-state index contributed by atoms with van der Waals surface area (Å²) in [6.45, 7) is 6.46. The number of aryl methyl sites for hydroxylation is 2. The molecule has 0 radical (unpaired) electrons. The number of hydrogen-bond donors (Lipinski definition) is 1. The molecule has 0 bridgehead atoms. The summed E-state index contributed by atoms with van der Waals surface area (Å²) < 4.78 is 28.1. The molecule has 0 amide bonds. The van der Waals surface area contributed by atoms with Crippen molar-refractivity contribution in [2.45, 2.75) is 25.7 Å². The Morgan fingerprint density at radius 3 is 2.37 bits per heavy atom. The number of sulfonamides is 1. The number of anilines is 3. The van der Waals surface area contributed by atoms with Crippen LogP contribution in [0.5, 0.6) is 0 Å². The second-order valence-corrected chi connectivity index (χ2v) is 8.01. The molecule has 1 N–H and O–H groups in total. The first-order chi connectivity index (χ1) is 12.9. The summed E-state index contributed by atoms with van der Waals surface area (Å²) in [7, 11) is -3.66. The lowest BCUT2D eigenvalue weighted by Gasteiger charge is -2.22. The smallest absolute Gasteiger partial charge is 0.262 e. The normalized spacial score (nSPS) is 11.2. The van der Waals surface area contributed by atoms with Crippen LogP contribution in [0.1, 0.15) is 18.1 Å². The average molecular weight is 382 g/mol. The number of aromatic nitrogens is 1. The zero-order chi connectivity index (χ0) is 19.4. The van der Waals surface area contributed by atoms with Crippen molar-refractivity contribution in [3.05, 3.63) is 78.0 Å². The van der Waals surface area contributed by atoms with Gasteiger partial charge in [-0.2, -0.15) is 0 Å². The minimum Gasteiger partial charge on any atom is -0.327 e. The van der Waals surface area contributed by atoms with Crippen molar-refractivity contribution in [3.8, 4) is 0 Å². The van der Waals surface area contributed by atoms with E-state index in [1.54, 1.807) is 25.3 Å². The van der Waals surface area contributed by atoms with Crippen LogP contribution in [0.25, 0.3) is 0 Å². The van der Waals surface area contributed by atoms with Crippen LogP contribution in [0.4, 0.5) is 17.2 Å². The van der Waals surface area contributed by atoms with Gasteiger partial charge in [-0.15, -0.1) is 0 Å². The highest BCUT2D eigenvalue weighted by Gasteiger charge is 2.17. The van der Waals surface area contributed by atoms with Gasteiger partial charge in [0.15, 0.2) is 0 Å². The maximum atomic E-state index is 12.7. The Morgan fingerprint density at radius 2 is 1.74 bits per heavy atom. The summed E-state index contributed by atoms with van der Waals surface area (Å²) in [6, 6.07) is 18.9. The van der Waals surface area contributed by atoms with Crippen molar-refractivity contribution in [1.82, 2.24) is 4.98 Å². The number of pyridine rings is 1. The zero-order valence-corrected chi connectivity index (χ0v) is 16.5. The molecule has 6 heteroatoms. The standard InChI is InChI=1S/C21H23N3O2S/c1-4-24(19-8-6-5-7-9-19)21-13-12-18(15-22-21)23-27(25,26)20-14-16(2)10-11-17(20)3/h5-15,23H,4H2,1-3H3. The van der Waals surface area contributed by atoms with Crippen molar-refractivity contribution in [2.75, 3.05) is 16.2 Å². The number of hydrogen-bond acceptors (Lipinski definition) is 4. The van der Waals surface area contributed by atoms with Crippen LogP contribution in [-0.4, -0.2) is 19.9 Å². The minimum absolute atomic E-state index is 0.283. The van der Waals surface area contributed by atoms with E-state index in [2.05, 4.69) is 14.6 Å². The molecule has 0 aliphatic carbocycles. The molecular weight excluding hydrogens is 358 g/mol. The lowest BCUT2D eigenvalue weighted by atomic mass is 10.2. The first-order valence-electron chi connectivity index (χ1n) is 8.79. The molecule has 1 aromatic heterocycles. The summed E-state index contributed by atoms with van der Waals surface area (Å²) in [5, 5.41) is 0. The van der Waals surface area contributed by atoms with E-state index in [-0.39, 0.29) is 4.90 Å². The molecule has 0 spiro atoms. The van der Waals surface area contributed by atoms with E-state index in [9.17, 15) is 8.42 Å². The van der Waals surface area contributed by atoms with Crippen LogP contribution in [0, 0.1) is 13.8 Å². The van der Waals surface area contributed by atoms with Crippen LogP contribution >= 0.6 is 0 Å². The van der Waals surface area contributed by atoms with E-state index < -0.39 is 10.0 Å². The second-order valence-electron chi connectivity index (χ2n) is 6.36. The maximum Gasteiger partial charge on any atom is 0.262 e. The molecule has 2 aromatic carbocycles. The molecule has 0 unspecified atom stereocenters. The van der Waals surface area contributed by atoms with Gasteiger partial charge in [0, 0.05) is 12.2 Å². The first-order valence-corrected chi connectivity index (χ1v) is 10.3. The molecule has 0 saturated carbocycles. The highest BCUT2D eigenvalue weighted by Crippen LogP contribution is 2.25. The van der Waals surface area contributed by atoms with Crippen LogP contribution in [0.2, 0.25) is 0 Å². The van der Waals surface area contributed by atoms with Crippen molar-refractivity contribution in [1.29, 1.82) is 0 Å². The molecule has 0 saturated heterocycles. The van der Waals surface area contributed by atoms with Crippen molar-refractivity contribution in [3.63, 3.8) is 0 Å². The fraction of sp³-hybridized carbons (Fsp3) is 0.190. The largest absolute Gasteiger partial charge is 0.327 e. The van der Waals surface area contributed by atoms with E-state index in [0.29, 0.717) is 11.3 Å². The third-order valence-electron chi connectivity index (χ3n) is 4.29. The fourth-order valence-electron chi connectivity index (χ4n) is 2.90. The molecule has 3 rings (SSSR count). The van der Waals surface area contributed by atoms with E-state index in [1.165, 1.54) is 0 Å². The maximum absolute atomic E-state index is 12.7. The van der Waals surface area contributed by atoms with Gasteiger partial charge in [-0.1, -0.05) is 30.3 Å². The van der Waals surface area contributed by atoms with Crippen LogP contribution in [0.3, 0.4) is 0 Å². The third kappa shape index (κ3) is 4.28. The number of nitrogens with one attached hydrogen (secondary N) is 1. The predicted molar refractivity (Wildman–Crippen MR) is 110 cm³/mol. The topological polar surface area (TPSA) is 62.3 Å². The molecule has 0 aliphatic rings. The van der Waals surface area contributed by atoms with Gasteiger partial charge in [0.05, 0.1) is 16.8 Å². The quantitative estimate of drug-likeness (QED) is 0.675. The third-order valence-corrected chi connectivity index (χ3v) is 5.82. The van der Waals surface area contributed by atoms with E-state index >= 15 is 0 Å². The summed E-state index contributed by atoms with van der Waals surface area (Å²) in [5.74, 6) is 0.762. The molecule has 3 aromatic rings. The summed E-state index contributed by atoms with van der Waals surface area (Å²) >= 11 is 0. The van der Waals surface area contributed by atoms with Crippen LogP contribution < -0.4 is 9.62 Å². The molecule has 1 heterocycles. The molecule has 0 aliphatic heterocycles. The lowest BCUT2D eigenvalue weighted by molar-refractivity contribution is 0.600. The second kappa shape index (κ2) is 7.80. The number of benzene rings is 2. The molecule has 140 valence electrons. The number of rotatable bonds is 6. The summed E-state index contributed by atoms with van der Waals surface area (Å²) in [5.41, 5.74) is 3.08. The Kier molecular flexibility index (Phi) is 5.46. The van der Waals surface area contributed by atoms with E-state index in [4.69, 9.17) is 0 Å². The van der Waals surface area contributed by atoms with E-state index in [0.717, 1.165) is 23.6 Å². The monoisotopic (exact) mass is 381 g/mol. The number of para-hydroxylation sites is 1. The van der Waals surface area contributed by atoms with Gasteiger partial charge in [0.2, 0.25) is 0 Å². The Balaban J connectivity index is 1.84. The Hall–Kier alpha value is -2.86. The number of nitrogens with zero attached hydrogens (tertiary/aromatic N) is 2. The molecule has 27 heavy (non-hydrogen) atoms. The molecule has 0 atom stereocenters. The summed E-state index contributed by atoms with van der Waals surface area (Å²) in [6.07, 6.45) is 1.55. The first kappa shape index (κ1) is 18.9. The zero-order valence-electron chi connectivity index (χ0n) is 15.7. The fourth-order valence-corrected chi connectivity index (χ4v) is 4.27. The van der Waals surface area contributed by atoms with Crippen molar-refractivity contribution >= 4 is 27.2 Å². The molecular formula is C21H23N3O2S. The average Bonchev–Trinajstić information content (AvgIpc) is 2.66. The van der Waals surface area contributed by atoms with Gasteiger partial charge < -0.3 is 4.90 Å². The van der Waals surface area contributed by atoms with Crippen LogP contribution in [0.15, 0.2) is 71.8 Å². The van der Waals surface area contributed by atoms with E-state index in [1.807, 2.05) is 62.4 Å². The highest BCUT2D eigenvalue weighted by molar-refractivity contribution is 7.92. The lowest BCUT2D eigenvalue weighted by Crippen LogP contribution is -2.18. The highest BCUT2D eigenvalue weighted by atomic mass is 32.2.